The minimum atomic E-state index is -0.0107. The van der Waals surface area contributed by atoms with Gasteiger partial charge in [-0.3, -0.25) is 0 Å². The molecule has 12 rings (SSSR count). The molecule has 0 unspecified atom stereocenters. The first-order chi connectivity index (χ1) is 36.3. The van der Waals surface area contributed by atoms with Crippen LogP contribution < -0.4 is 9.80 Å². The Balaban J connectivity index is 1.24. The molecule has 0 fully saturated rings. The highest BCUT2D eigenvalue weighted by Crippen LogP contribution is 2.55. The Labute approximate surface area is 449 Å². The molecular formula is C72H72N2O2. The molecule has 2 aromatic heterocycles. The highest BCUT2D eigenvalue weighted by molar-refractivity contribution is 6.30. The topological polar surface area (TPSA) is 32.8 Å². The molecule has 382 valence electrons. The molecular weight excluding hydrogens is 925 g/mol. The third-order valence-electron chi connectivity index (χ3n) is 16.4. The zero-order valence-corrected chi connectivity index (χ0v) is 47.0. The van der Waals surface area contributed by atoms with Gasteiger partial charge in [0.1, 0.15) is 11.2 Å². The summed E-state index contributed by atoms with van der Waals surface area (Å²) in [5.74, 6) is 0.863. The van der Waals surface area contributed by atoms with E-state index in [4.69, 9.17) is 8.83 Å². The summed E-state index contributed by atoms with van der Waals surface area (Å²) < 4.78 is 14.2. The second-order valence-electron chi connectivity index (χ2n) is 24.9. The first-order valence-electron chi connectivity index (χ1n) is 27.8. The van der Waals surface area contributed by atoms with Crippen LogP contribution in [0.5, 0.6) is 0 Å². The molecule has 0 radical (unpaired) electrons. The van der Waals surface area contributed by atoms with Crippen molar-refractivity contribution in [2.75, 3.05) is 9.80 Å². The second-order valence-corrected chi connectivity index (χ2v) is 24.9. The fourth-order valence-corrected chi connectivity index (χ4v) is 12.3. The van der Waals surface area contributed by atoms with E-state index >= 15 is 0 Å². The molecule has 4 nitrogen and oxygen atoms in total. The average Bonchev–Trinajstić information content (AvgIpc) is 4.01. The zero-order valence-electron chi connectivity index (χ0n) is 47.0. The van der Waals surface area contributed by atoms with Gasteiger partial charge in [0.15, 0.2) is 11.2 Å². The molecule has 0 saturated heterocycles. The predicted molar refractivity (Wildman–Crippen MR) is 328 cm³/mol. The fourth-order valence-electron chi connectivity index (χ4n) is 12.3. The van der Waals surface area contributed by atoms with Crippen LogP contribution in [0.15, 0.2) is 167 Å². The van der Waals surface area contributed by atoms with E-state index in [1.54, 1.807) is 0 Å². The van der Waals surface area contributed by atoms with Crippen LogP contribution in [0.4, 0.5) is 34.1 Å². The first-order valence-corrected chi connectivity index (χ1v) is 27.8. The van der Waals surface area contributed by atoms with Gasteiger partial charge in [-0.05, 0) is 138 Å². The highest BCUT2D eigenvalue weighted by atomic mass is 16.3. The van der Waals surface area contributed by atoms with E-state index in [9.17, 15) is 0 Å². The Bertz CT molecular complexity index is 3910. The van der Waals surface area contributed by atoms with E-state index in [0.717, 1.165) is 78.0 Å². The van der Waals surface area contributed by atoms with Crippen molar-refractivity contribution in [3.05, 3.63) is 191 Å². The molecule has 10 aromatic carbocycles. The van der Waals surface area contributed by atoms with Crippen LogP contribution in [0.25, 0.3) is 76.2 Å². The van der Waals surface area contributed by atoms with Gasteiger partial charge in [-0.1, -0.05) is 206 Å². The van der Waals surface area contributed by atoms with Crippen molar-refractivity contribution >= 4 is 110 Å². The summed E-state index contributed by atoms with van der Waals surface area (Å²) in [6.07, 6.45) is 0. The Morgan fingerprint density at radius 1 is 0.329 bits per heavy atom. The third kappa shape index (κ3) is 7.85. The number of rotatable bonds is 10. The Hall–Kier alpha value is -7.56. The van der Waals surface area contributed by atoms with Crippen molar-refractivity contribution in [3.63, 3.8) is 0 Å². The van der Waals surface area contributed by atoms with Crippen molar-refractivity contribution in [1.82, 2.24) is 0 Å². The Morgan fingerprint density at radius 3 is 1.00 bits per heavy atom. The smallest absolute Gasteiger partial charge is 0.159 e. The summed E-state index contributed by atoms with van der Waals surface area (Å²) in [5, 5.41) is 12.0. The number of fused-ring (bicyclic) bond motifs is 6. The highest BCUT2D eigenvalue weighted by Gasteiger charge is 2.32. The summed E-state index contributed by atoms with van der Waals surface area (Å²) >= 11 is 0. The number of furan rings is 2. The van der Waals surface area contributed by atoms with Crippen LogP contribution in [-0.2, 0) is 10.8 Å². The number of para-hydroxylation sites is 2. The molecule has 0 aliphatic carbocycles. The van der Waals surface area contributed by atoms with Crippen molar-refractivity contribution in [1.29, 1.82) is 0 Å². The lowest BCUT2D eigenvalue weighted by atomic mass is 9.83. The molecule has 0 atom stereocenters. The van der Waals surface area contributed by atoms with E-state index in [2.05, 4.69) is 264 Å². The van der Waals surface area contributed by atoms with Crippen LogP contribution in [-0.4, -0.2) is 0 Å². The average molecular weight is 997 g/mol. The van der Waals surface area contributed by atoms with Crippen LogP contribution in [0, 0.1) is 0 Å². The van der Waals surface area contributed by atoms with Gasteiger partial charge in [-0.2, -0.15) is 0 Å². The van der Waals surface area contributed by atoms with Crippen molar-refractivity contribution in [2.45, 2.75) is 131 Å². The van der Waals surface area contributed by atoms with Gasteiger partial charge in [0.25, 0.3) is 0 Å². The van der Waals surface area contributed by atoms with Crippen LogP contribution in [0.3, 0.4) is 0 Å². The van der Waals surface area contributed by atoms with Gasteiger partial charge < -0.3 is 18.6 Å². The van der Waals surface area contributed by atoms with Gasteiger partial charge in [0.05, 0.1) is 22.7 Å². The van der Waals surface area contributed by atoms with Gasteiger partial charge >= 0.3 is 0 Å². The minimum absolute atomic E-state index is 0.0107. The van der Waals surface area contributed by atoms with Crippen LogP contribution in [0.2, 0.25) is 0 Å². The van der Waals surface area contributed by atoms with Crippen LogP contribution in [0.1, 0.15) is 154 Å². The first kappa shape index (κ1) is 49.3. The molecule has 2 heterocycles. The normalized spacial score (nSPS) is 12.8. The molecule has 12 aromatic rings. The van der Waals surface area contributed by atoms with Crippen LogP contribution >= 0.6 is 0 Å². The maximum absolute atomic E-state index is 7.09. The maximum Gasteiger partial charge on any atom is 0.159 e. The largest absolute Gasteiger partial charge is 0.454 e. The summed E-state index contributed by atoms with van der Waals surface area (Å²) in [6, 6.07) is 59.6. The van der Waals surface area contributed by atoms with Gasteiger partial charge in [-0.15, -0.1) is 0 Å². The molecule has 0 saturated carbocycles. The van der Waals surface area contributed by atoms with Gasteiger partial charge in [-0.25, -0.2) is 0 Å². The van der Waals surface area contributed by atoms with E-state index in [-0.39, 0.29) is 34.5 Å². The van der Waals surface area contributed by atoms with E-state index < -0.39 is 0 Å². The Kier molecular flexibility index (Phi) is 11.7. The van der Waals surface area contributed by atoms with E-state index in [1.807, 2.05) is 0 Å². The summed E-state index contributed by atoms with van der Waals surface area (Å²) in [6.45, 7) is 32.4. The van der Waals surface area contributed by atoms with Crippen molar-refractivity contribution in [3.8, 4) is 0 Å². The number of nitrogens with zero attached hydrogens (tertiary/aromatic N) is 2. The molecule has 76 heavy (non-hydrogen) atoms. The molecule has 4 heteroatoms. The van der Waals surface area contributed by atoms with E-state index in [0.29, 0.717) is 0 Å². The molecule has 0 bridgehead atoms. The van der Waals surface area contributed by atoms with Gasteiger partial charge in [0, 0.05) is 43.7 Å². The fraction of sp³-hybridized carbons (Fsp3) is 0.278. The standard InChI is InChI=1S/C72H72N2O2/c1-41(2)49-31-35-55-51-19-15-17-21-63(51)75-69(55)67(49)73(47-27-23-45(24-28-47)71(9,10)11)61-39-59(43(5)6)53-34-38-58-62(40-60(44(7)8)54-33-37-57(61)65(53)66(54)58)74(48-29-25-46(26-30-48)72(12,13)14)68-50(42(3)4)32-36-56-52-20-16-18-22-64(52)76-70(56)68/h15-44H,1-14H3. The second kappa shape index (κ2) is 18.0. The van der Waals surface area contributed by atoms with Gasteiger partial charge in [0.2, 0.25) is 0 Å². The lowest BCUT2D eigenvalue weighted by Gasteiger charge is -2.33. The Morgan fingerprint density at radius 2 is 0.658 bits per heavy atom. The van der Waals surface area contributed by atoms with Crippen molar-refractivity contribution in [2.24, 2.45) is 0 Å². The number of anilines is 6. The monoisotopic (exact) mass is 997 g/mol. The molecule has 0 aliphatic rings. The quantitative estimate of drug-likeness (QED) is 0.128. The predicted octanol–water partition coefficient (Wildman–Crippen LogP) is 22.4. The lowest BCUT2D eigenvalue weighted by Crippen LogP contribution is -2.16. The third-order valence-corrected chi connectivity index (χ3v) is 16.4. The maximum atomic E-state index is 7.09. The summed E-state index contributed by atoms with van der Waals surface area (Å²) in [4.78, 5) is 5.10. The zero-order chi connectivity index (χ0) is 53.3. The minimum Gasteiger partial charge on any atom is -0.454 e. The number of benzene rings is 10. The number of hydrogen-bond donors (Lipinski definition) is 0. The molecule has 0 aliphatic heterocycles. The summed E-state index contributed by atoms with van der Waals surface area (Å²) in [7, 11) is 0. The molecule has 0 spiro atoms. The number of hydrogen-bond acceptors (Lipinski definition) is 4. The summed E-state index contributed by atoms with van der Waals surface area (Å²) in [5.41, 5.74) is 17.9. The molecule has 0 N–H and O–H groups in total. The van der Waals surface area contributed by atoms with Crippen molar-refractivity contribution < 1.29 is 8.83 Å². The lowest BCUT2D eigenvalue weighted by molar-refractivity contribution is 0.590. The SMILES string of the molecule is CC(C)c1ccc2c(oc3ccccc32)c1N(c1ccc(C(C)(C)C)cc1)c1cc(C(C)C)c2ccc3c(N(c4ccc(C(C)(C)C)cc4)c4c(C(C)C)ccc5c4oc4ccccc45)cc(C(C)C)c4ccc1c2c43. The van der Waals surface area contributed by atoms with E-state index in [1.165, 1.54) is 65.7 Å². The molecule has 0 amide bonds.